The molecule has 0 fully saturated rings. The first kappa shape index (κ1) is 21.0. The summed E-state index contributed by atoms with van der Waals surface area (Å²) in [4.78, 5) is 23.5. The average molecular weight is 382 g/mol. The van der Waals surface area contributed by atoms with E-state index in [-0.39, 0.29) is 24.9 Å². The molecular weight excluding hydrogens is 362 g/mol. The molecule has 140 valence electrons. The second-order valence-electron chi connectivity index (χ2n) is 5.09. The predicted octanol–water partition coefficient (Wildman–Crippen LogP) is -2.26. The summed E-state index contributed by atoms with van der Waals surface area (Å²) in [5.41, 5.74) is 6.05. The van der Waals surface area contributed by atoms with E-state index in [1.54, 1.807) is 35.0 Å². The zero-order valence-electron chi connectivity index (χ0n) is 14.6. The van der Waals surface area contributed by atoms with Crippen molar-refractivity contribution in [1.29, 1.82) is 0 Å². The van der Waals surface area contributed by atoms with E-state index in [0.717, 1.165) is 0 Å². The van der Waals surface area contributed by atoms with Gasteiger partial charge in [-0.15, -0.1) is 0 Å². The fourth-order valence-corrected chi connectivity index (χ4v) is 2.29. The largest absolute Gasteiger partial charge is 1.00 e. The van der Waals surface area contributed by atoms with Gasteiger partial charge in [0.2, 0.25) is 12.3 Å². The smallest absolute Gasteiger partial charge is 0.290 e. The summed E-state index contributed by atoms with van der Waals surface area (Å²) in [6.07, 6.45) is 3.18. The molecule has 0 radical (unpaired) electrons. The Morgan fingerprint density at radius 1 is 1.12 bits per heavy atom. The van der Waals surface area contributed by atoms with Gasteiger partial charge in [0.1, 0.15) is 5.56 Å². The summed E-state index contributed by atoms with van der Waals surface area (Å²) < 4.78 is 17.3. The lowest BCUT2D eigenvalue weighted by molar-refractivity contribution is -0.684. The summed E-state index contributed by atoms with van der Waals surface area (Å²) in [6.45, 7) is 0.0117. The van der Waals surface area contributed by atoms with Crippen molar-refractivity contribution in [1.82, 2.24) is 0 Å². The SMILES string of the molecule is COc1cc(NC(=O)C[n+]2cccc(C(N)=O)c2)cc(OC)c1OC.[Cl-]. The van der Waals surface area contributed by atoms with Crippen LogP contribution in [0.15, 0.2) is 36.7 Å². The molecule has 0 saturated heterocycles. The number of carbonyl (C=O) groups excluding carboxylic acids is 2. The Hall–Kier alpha value is -3.00. The van der Waals surface area contributed by atoms with Crippen molar-refractivity contribution in [3.63, 3.8) is 0 Å². The Bertz CT molecular complexity index is 773. The summed E-state index contributed by atoms with van der Waals surface area (Å²) in [6, 6.07) is 6.48. The third kappa shape index (κ3) is 5.00. The molecule has 1 aromatic heterocycles. The molecule has 26 heavy (non-hydrogen) atoms. The van der Waals surface area contributed by atoms with Gasteiger partial charge in [-0.3, -0.25) is 9.59 Å². The fraction of sp³-hybridized carbons (Fsp3) is 0.235. The van der Waals surface area contributed by atoms with E-state index < -0.39 is 5.91 Å². The maximum Gasteiger partial charge on any atom is 0.290 e. The number of nitrogens with zero attached hydrogens (tertiary/aromatic N) is 1. The molecule has 2 rings (SSSR count). The van der Waals surface area contributed by atoms with Crippen molar-refractivity contribution < 1.29 is 40.8 Å². The Morgan fingerprint density at radius 2 is 1.73 bits per heavy atom. The maximum atomic E-state index is 12.3. The topological polar surface area (TPSA) is 104 Å². The Kier molecular flexibility index (Phi) is 7.67. The van der Waals surface area contributed by atoms with E-state index in [1.165, 1.54) is 27.5 Å². The zero-order chi connectivity index (χ0) is 18.4. The molecule has 9 heteroatoms. The van der Waals surface area contributed by atoms with Gasteiger partial charge in [0, 0.05) is 23.9 Å². The molecule has 3 N–H and O–H groups in total. The van der Waals surface area contributed by atoms with Crippen LogP contribution in [0.4, 0.5) is 5.69 Å². The fourth-order valence-electron chi connectivity index (χ4n) is 2.29. The number of halogens is 1. The van der Waals surface area contributed by atoms with Crippen molar-refractivity contribution in [2.45, 2.75) is 6.54 Å². The lowest BCUT2D eigenvalue weighted by Gasteiger charge is -2.14. The Morgan fingerprint density at radius 3 is 2.23 bits per heavy atom. The molecule has 2 aromatic rings. The first-order valence-electron chi connectivity index (χ1n) is 7.37. The van der Waals surface area contributed by atoms with Gasteiger partial charge in [0.15, 0.2) is 23.9 Å². The number of pyridine rings is 1. The van der Waals surface area contributed by atoms with Gasteiger partial charge in [-0.25, -0.2) is 0 Å². The number of ether oxygens (including phenoxy) is 3. The minimum absolute atomic E-state index is 0. The van der Waals surface area contributed by atoms with Crippen LogP contribution in [-0.2, 0) is 11.3 Å². The van der Waals surface area contributed by atoms with E-state index in [1.807, 2.05) is 0 Å². The zero-order valence-corrected chi connectivity index (χ0v) is 15.4. The van der Waals surface area contributed by atoms with Gasteiger partial charge in [-0.1, -0.05) is 0 Å². The first-order chi connectivity index (χ1) is 12.0. The van der Waals surface area contributed by atoms with Crippen LogP contribution in [0.25, 0.3) is 0 Å². The highest BCUT2D eigenvalue weighted by molar-refractivity contribution is 5.92. The van der Waals surface area contributed by atoms with Crippen LogP contribution in [0, 0.1) is 0 Å². The number of methoxy groups -OCH3 is 3. The summed E-state index contributed by atoms with van der Waals surface area (Å²) >= 11 is 0. The molecule has 1 heterocycles. The predicted molar refractivity (Wildman–Crippen MR) is 89.9 cm³/mol. The van der Waals surface area contributed by atoms with E-state index in [2.05, 4.69) is 5.32 Å². The second-order valence-corrected chi connectivity index (χ2v) is 5.09. The highest BCUT2D eigenvalue weighted by Gasteiger charge is 2.16. The highest BCUT2D eigenvalue weighted by atomic mass is 35.5. The number of amides is 2. The van der Waals surface area contributed by atoms with E-state index >= 15 is 0 Å². The lowest BCUT2D eigenvalue weighted by Crippen LogP contribution is -3.00. The van der Waals surface area contributed by atoms with Gasteiger partial charge in [0.05, 0.1) is 21.3 Å². The molecule has 8 nitrogen and oxygen atoms in total. The molecule has 2 amide bonds. The van der Waals surface area contributed by atoms with E-state index in [9.17, 15) is 9.59 Å². The number of anilines is 1. The van der Waals surface area contributed by atoms with Crippen LogP contribution >= 0.6 is 0 Å². The number of nitrogens with two attached hydrogens (primary N) is 1. The number of primary amides is 1. The van der Waals surface area contributed by atoms with E-state index in [4.69, 9.17) is 19.9 Å². The maximum absolute atomic E-state index is 12.3. The quantitative estimate of drug-likeness (QED) is 0.527. The summed E-state index contributed by atoms with van der Waals surface area (Å²) in [7, 11) is 4.49. The Balaban J connectivity index is 0.00000338. The Labute approximate surface area is 157 Å². The van der Waals surface area contributed by atoms with Crippen LogP contribution in [0.2, 0.25) is 0 Å². The molecular formula is C17H20ClN3O5. The molecule has 0 spiro atoms. The normalized spacial score (nSPS) is 9.65. The number of hydrogen-bond donors (Lipinski definition) is 2. The molecule has 0 aliphatic heterocycles. The van der Waals surface area contributed by atoms with E-state index in [0.29, 0.717) is 28.5 Å². The van der Waals surface area contributed by atoms with Crippen LogP contribution in [-0.4, -0.2) is 33.1 Å². The van der Waals surface area contributed by atoms with Crippen molar-refractivity contribution in [3.8, 4) is 17.2 Å². The third-order valence-electron chi connectivity index (χ3n) is 3.42. The molecule has 0 aliphatic carbocycles. The number of rotatable bonds is 7. The first-order valence-corrected chi connectivity index (χ1v) is 7.37. The minimum Gasteiger partial charge on any atom is -1.00 e. The molecule has 1 aromatic carbocycles. The van der Waals surface area contributed by atoms with Gasteiger partial charge >= 0.3 is 0 Å². The van der Waals surface area contributed by atoms with Gasteiger partial charge < -0.3 is 37.7 Å². The molecule has 0 bridgehead atoms. The van der Waals surface area contributed by atoms with Crippen molar-refractivity contribution in [2.24, 2.45) is 5.73 Å². The van der Waals surface area contributed by atoms with Crippen molar-refractivity contribution in [2.75, 3.05) is 26.6 Å². The number of benzene rings is 1. The standard InChI is InChI=1S/C17H19N3O5.ClH/c1-23-13-7-12(8-14(24-2)16(13)25-3)19-15(21)10-20-6-4-5-11(9-20)17(18)22;/h4-9H,10H2,1-3H3,(H2-,18,19,21,22);1H. The second kappa shape index (κ2) is 9.47. The minimum atomic E-state index is -0.556. The number of hydrogen-bond acceptors (Lipinski definition) is 5. The summed E-state index contributed by atoms with van der Waals surface area (Å²) in [5.74, 6) is 0.452. The summed E-state index contributed by atoms with van der Waals surface area (Å²) in [5, 5.41) is 2.75. The number of carbonyl (C=O) groups is 2. The average Bonchev–Trinajstić information content (AvgIpc) is 2.60. The number of aromatic nitrogens is 1. The third-order valence-corrected chi connectivity index (χ3v) is 3.42. The van der Waals surface area contributed by atoms with Crippen LogP contribution in [0.5, 0.6) is 17.2 Å². The van der Waals surface area contributed by atoms with Crippen LogP contribution in [0.3, 0.4) is 0 Å². The molecule has 0 atom stereocenters. The number of nitrogens with one attached hydrogen (secondary N) is 1. The van der Waals surface area contributed by atoms with Gasteiger partial charge in [-0.05, 0) is 6.07 Å². The van der Waals surface area contributed by atoms with Crippen LogP contribution in [0.1, 0.15) is 10.4 Å². The lowest BCUT2D eigenvalue weighted by atomic mass is 10.2. The molecule has 0 unspecified atom stereocenters. The molecule has 0 aliphatic rings. The van der Waals surface area contributed by atoms with Gasteiger partial charge in [-0.2, -0.15) is 4.57 Å². The highest BCUT2D eigenvalue weighted by Crippen LogP contribution is 2.39. The molecule has 0 saturated carbocycles. The van der Waals surface area contributed by atoms with Crippen LogP contribution < -0.4 is 42.2 Å². The van der Waals surface area contributed by atoms with Gasteiger partial charge in [0.25, 0.3) is 11.8 Å². The van der Waals surface area contributed by atoms with Crippen molar-refractivity contribution in [3.05, 3.63) is 42.2 Å². The van der Waals surface area contributed by atoms with Crippen molar-refractivity contribution >= 4 is 17.5 Å². The monoisotopic (exact) mass is 381 g/mol.